The Hall–Kier alpha value is -1.73. The third-order valence-corrected chi connectivity index (χ3v) is 5.33. The van der Waals surface area contributed by atoms with Gasteiger partial charge in [0.25, 0.3) is 0 Å². The second-order valence-corrected chi connectivity index (χ2v) is 7.03. The Labute approximate surface area is 147 Å². The molecule has 7 heteroatoms. The van der Waals surface area contributed by atoms with Gasteiger partial charge in [-0.15, -0.1) is 11.3 Å². The van der Waals surface area contributed by atoms with E-state index in [1.54, 1.807) is 17.5 Å². The van der Waals surface area contributed by atoms with Crippen molar-refractivity contribution in [3.8, 4) is 0 Å². The van der Waals surface area contributed by atoms with E-state index in [-0.39, 0.29) is 18.0 Å². The molecule has 0 unspecified atom stereocenters. The number of amides is 1. The number of carbonyl (C=O) groups is 1. The van der Waals surface area contributed by atoms with Crippen molar-refractivity contribution < 1.29 is 4.79 Å². The Morgan fingerprint density at radius 3 is 2.79 bits per heavy atom. The molecule has 1 N–H and O–H groups in total. The molecular formula is C17H27N5OS. The highest BCUT2D eigenvalue weighted by molar-refractivity contribution is 7.09. The average Bonchev–Trinajstić information content (AvgIpc) is 3.22. The van der Waals surface area contributed by atoms with E-state index in [1.807, 2.05) is 29.6 Å². The highest BCUT2D eigenvalue weighted by Gasteiger charge is 2.21. The zero-order chi connectivity index (χ0) is 17.7. The summed E-state index contributed by atoms with van der Waals surface area (Å²) in [5.74, 6) is 0.713. The first-order chi connectivity index (χ1) is 11.5. The molecule has 0 spiro atoms. The third kappa shape index (κ3) is 4.42. The number of hydrogen-bond acceptors (Lipinski definition) is 5. The lowest BCUT2D eigenvalue weighted by Gasteiger charge is -2.23. The van der Waals surface area contributed by atoms with Crippen LogP contribution in [0.25, 0.3) is 0 Å². The maximum atomic E-state index is 12.6. The summed E-state index contributed by atoms with van der Waals surface area (Å²) in [6.07, 6.45) is 3.63. The quantitative estimate of drug-likeness (QED) is 0.794. The van der Waals surface area contributed by atoms with Crippen LogP contribution in [0.4, 0.5) is 5.82 Å². The lowest BCUT2D eigenvalue weighted by atomic mass is 10.2. The Bertz CT molecular complexity index is 665. The van der Waals surface area contributed by atoms with E-state index in [1.165, 1.54) is 0 Å². The van der Waals surface area contributed by atoms with E-state index < -0.39 is 0 Å². The van der Waals surface area contributed by atoms with Crippen LogP contribution in [-0.4, -0.2) is 38.7 Å². The molecule has 24 heavy (non-hydrogen) atoms. The number of carbonyl (C=O) groups excluding carboxylic acids is 1. The second-order valence-electron chi connectivity index (χ2n) is 6.08. The minimum absolute atomic E-state index is 0.0338. The minimum atomic E-state index is -0.253. The maximum absolute atomic E-state index is 12.6. The molecule has 2 heterocycles. The Balaban J connectivity index is 1.97. The normalized spacial score (nSPS) is 13.9. The summed E-state index contributed by atoms with van der Waals surface area (Å²) < 4.78 is 1.86. The van der Waals surface area contributed by atoms with Crippen LogP contribution in [0, 0.1) is 0 Å². The van der Waals surface area contributed by atoms with Gasteiger partial charge in [-0.25, -0.2) is 9.67 Å². The van der Waals surface area contributed by atoms with Crippen molar-refractivity contribution in [2.45, 2.75) is 59.2 Å². The highest BCUT2D eigenvalue weighted by Crippen LogP contribution is 2.17. The predicted molar refractivity (Wildman–Crippen MR) is 98.3 cm³/mol. The molecule has 0 aromatic carbocycles. The van der Waals surface area contributed by atoms with Crippen LogP contribution in [0.3, 0.4) is 0 Å². The van der Waals surface area contributed by atoms with Gasteiger partial charge in [-0.2, -0.15) is 5.10 Å². The molecule has 2 atom stereocenters. The second kappa shape index (κ2) is 8.39. The SMILES string of the molecule is CCc1nc(CN(C)[C@@H](C)C(=O)Nc2ccnn2[C@H](C)CC)cs1. The van der Waals surface area contributed by atoms with Gasteiger partial charge in [0.1, 0.15) is 5.82 Å². The molecule has 0 radical (unpaired) electrons. The molecule has 2 aromatic heterocycles. The van der Waals surface area contributed by atoms with Gasteiger partial charge in [0.15, 0.2) is 0 Å². The molecule has 132 valence electrons. The fraction of sp³-hybridized carbons (Fsp3) is 0.588. The van der Waals surface area contributed by atoms with Gasteiger partial charge < -0.3 is 5.32 Å². The van der Waals surface area contributed by atoms with Gasteiger partial charge in [0.2, 0.25) is 5.91 Å². The molecule has 1 amide bonds. The van der Waals surface area contributed by atoms with E-state index >= 15 is 0 Å². The first-order valence-corrected chi connectivity index (χ1v) is 9.32. The summed E-state index contributed by atoms with van der Waals surface area (Å²) in [6.45, 7) is 8.86. The van der Waals surface area contributed by atoms with Crippen LogP contribution in [0.15, 0.2) is 17.6 Å². The third-order valence-electron chi connectivity index (χ3n) is 4.28. The molecule has 6 nitrogen and oxygen atoms in total. The van der Waals surface area contributed by atoms with Crippen LogP contribution >= 0.6 is 11.3 Å². The Morgan fingerprint density at radius 1 is 1.42 bits per heavy atom. The average molecular weight is 350 g/mol. The van der Waals surface area contributed by atoms with Gasteiger partial charge in [0, 0.05) is 18.0 Å². The molecule has 0 bridgehead atoms. The molecule has 0 aliphatic carbocycles. The van der Waals surface area contributed by atoms with E-state index in [9.17, 15) is 4.79 Å². The molecule has 2 rings (SSSR count). The summed E-state index contributed by atoms with van der Waals surface area (Å²) in [6, 6.07) is 1.84. The van der Waals surface area contributed by atoms with Crippen LogP contribution in [-0.2, 0) is 17.8 Å². The first kappa shape index (κ1) is 18.6. The fourth-order valence-corrected chi connectivity index (χ4v) is 3.08. The smallest absolute Gasteiger partial charge is 0.242 e. The molecule has 0 fully saturated rings. The number of nitrogens with one attached hydrogen (secondary N) is 1. The van der Waals surface area contributed by atoms with Gasteiger partial charge in [0.05, 0.1) is 29.0 Å². The number of aryl methyl sites for hydroxylation is 1. The monoisotopic (exact) mass is 349 g/mol. The van der Waals surface area contributed by atoms with Crippen LogP contribution in [0.2, 0.25) is 0 Å². The number of thiazole rings is 1. The minimum Gasteiger partial charge on any atom is -0.310 e. The van der Waals surface area contributed by atoms with Crippen molar-refractivity contribution in [2.24, 2.45) is 0 Å². The molecule has 0 aliphatic rings. The van der Waals surface area contributed by atoms with Crippen LogP contribution in [0.5, 0.6) is 0 Å². The van der Waals surface area contributed by atoms with Crippen LogP contribution in [0.1, 0.15) is 50.9 Å². The van der Waals surface area contributed by atoms with Gasteiger partial charge >= 0.3 is 0 Å². The van der Waals surface area contributed by atoms with Crippen molar-refractivity contribution >= 4 is 23.1 Å². The lowest BCUT2D eigenvalue weighted by molar-refractivity contribution is -0.120. The summed E-state index contributed by atoms with van der Waals surface area (Å²) in [5, 5.41) is 10.5. The topological polar surface area (TPSA) is 63.1 Å². The van der Waals surface area contributed by atoms with E-state index in [0.29, 0.717) is 6.54 Å². The zero-order valence-electron chi connectivity index (χ0n) is 15.1. The predicted octanol–water partition coefficient (Wildman–Crippen LogP) is 3.33. The Kier molecular flexibility index (Phi) is 6.51. The summed E-state index contributed by atoms with van der Waals surface area (Å²) in [7, 11) is 1.95. The van der Waals surface area contributed by atoms with Crippen molar-refractivity contribution in [2.75, 3.05) is 12.4 Å². The van der Waals surface area contributed by atoms with E-state index in [2.05, 4.69) is 41.6 Å². The molecule has 0 aliphatic heterocycles. The van der Waals surface area contributed by atoms with Crippen molar-refractivity contribution in [1.29, 1.82) is 0 Å². The molecular weight excluding hydrogens is 322 g/mol. The zero-order valence-corrected chi connectivity index (χ0v) is 15.9. The standard InChI is InChI=1S/C17H27N5OS/c1-6-12(3)22-15(8-9-18-22)20-17(23)13(4)21(5)10-14-11-24-16(7-2)19-14/h8-9,11-13H,6-7,10H2,1-5H3,(H,20,23)/t12-,13+/m1/s1. The van der Waals surface area contributed by atoms with Gasteiger partial charge in [-0.1, -0.05) is 13.8 Å². The van der Waals surface area contributed by atoms with Gasteiger partial charge in [-0.3, -0.25) is 9.69 Å². The lowest BCUT2D eigenvalue weighted by Crippen LogP contribution is -2.39. The first-order valence-electron chi connectivity index (χ1n) is 8.44. The maximum Gasteiger partial charge on any atom is 0.242 e. The highest BCUT2D eigenvalue weighted by atomic mass is 32.1. The van der Waals surface area contributed by atoms with E-state index in [0.717, 1.165) is 29.4 Å². The number of likely N-dealkylation sites (N-methyl/N-ethyl adjacent to an activating group) is 1. The molecule has 2 aromatic rings. The van der Waals surface area contributed by atoms with Crippen molar-refractivity contribution in [3.05, 3.63) is 28.3 Å². The Morgan fingerprint density at radius 2 is 2.17 bits per heavy atom. The number of nitrogens with zero attached hydrogens (tertiary/aromatic N) is 4. The van der Waals surface area contributed by atoms with Gasteiger partial charge in [-0.05, 0) is 33.7 Å². The molecule has 0 saturated carbocycles. The largest absolute Gasteiger partial charge is 0.310 e. The summed E-state index contributed by atoms with van der Waals surface area (Å²) in [5.41, 5.74) is 1.02. The molecule has 0 saturated heterocycles. The number of hydrogen-bond donors (Lipinski definition) is 1. The number of rotatable bonds is 8. The van der Waals surface area contributed by atoms with Crippen LogP contribution < -0.4 is 5.32 Å². The van der Waals surface area contributed by atoms with Crippen molar-refractivity contribution in [1.82, 2.24) is 19.7 Å². The summed E-state index contributed by atoms with van der Waals surface area (Å²) in [4.78, 5) is 19.1. The number of anilines is 1. The van der Waals surface area contributed by atoms with Crippen molar-refractivity contribution in [3.63, 3.8) is 0 Å². The van der Waals surface area contributed by atoms with E-state index in [4.69, 9.17) is 0 Å². The summed E-state index contributed by atoms with van der Waals surface area (Å²) >= 11 is 1.67. The fourth-order valence-electron chi connectivity index (χ4n) is 2.34. The number of aromatic nitrogens is 3.